The fraction of sp³-hybridized carbons (Fsp3) is 0.417. The molecule has 1 aliphatic heterocycles. The summed E-state index contributed by atoms with van der Waals surface area (Å²) >= 11 is 0.991. The van der Waals surface area contributed by atoms with Crippen LogP contribution in [0.5, 0.6) is 0 Å². The normalized spacial score (nSPS) is 21.9. The Morgan fingerprint density at radius 2 is 2.33 bits per heavy atom. The molecule has 1 unspecified atom stereocenters. The number of aromatic nitrogens is 2. The number of hydrogen-bond donors (Lipinski definition) is 1. The average Bonchev–Trinajstić information content (AvgIpc) is 3.02. The lowest BCUT2D eigenvalue weighted by Crippen LogP contribution is -2.32. The van der Waals surface area contributed by atoms with Gasteiger partial charge in [-0.15, -0.1) is 0 Å². The van der Waals surface area contributed by atoms with Gasteiger partial charge in [-0.25, -0.2) is 9.97 Å². The van der Waals surface area contributed by atoms with Gasteiger partial charge in [0.05, 0.1) is 15.7 Å². The number of hydrogen-bond acceptors (Lipinski definition) is 7. The minimum atomic E-state index is -0.841. The van der Waals surface area contributed by atoms with Crippen molar-refractivity contribution in [3.63, 3.8) is 0 Å². The largest absolute Gasteiger partial charge is 0.481 e. The van der Waals surface area contributed by atoms with Crippen molar-refractivity contribution >= 4 is 38.3 Å². The van der Waals surface area contributed by atoms with Gasteiger partial charge in [-0.05, 0) is 24.7 Å². The highest BCUT2D eigenvalue weighted by atomic mass is 32.1. The maximum absolute atomic E-state index is 11.3. The zero-order valence-corrected chi connectivity index (χ0v) is 12.0. The Bertz CT molecular complexity index is 746. The molecular formula is C12H12N4O4S. The standard InChI is InChI=1S/C12H12N4O4S/c1-12(11(17)18)2-3-15(5-12)9-7-4-8(16(19)20)21-10(7)14-6-13-9/h4,6H,2-3,5H2,1H3,(H,17,18). The van der Waals surface area contributed by atoms with Crippen LogP contribution in [0.1, 0.15) is 13.3 Å². The van der Waals surface area contributed by atoms with E-state index in [0.717, 1.165) is 11.3 Å². The minimum Gasteiger partial charge on any atom is -0.481 e. The Morgan fingerprint density at radius 3 is 2.95 bits per heavy atom. The van der Waals surface area contributed by atoms with Crippen molar-refractivity contribution in [3.05, 3.63) is 22.5 Å². The number of thiophene rings is 1. The lowest BCUT2D eigenvalue weighted by atomic mass is 9.90. The molecule has 8 nitrogen and oxygen atoms in total. The van der Waals surface area contributed by atoms with E-state index in [0.29, 0.717) is 35.5 Å². The Hall–Kier alpha value is -2.29. The third-order valence-corrected chi connectivity index (χ3v) is 4.76. The molecule has 110 valence electrons. The van der Waals surface area contributed by atoms with E-state index >= 15 is 0 Å². The summed E-state index contributed by atoms with van der Waals surface area (Å²) in [6.07, 6.45) is 1.87. The molecule has 1 atom stereocenters. The van der Waals surface area contributed by atoms with E-state index in [4.69, 9.17) is 0 Å². The molecular weight excluding hydrogens is 296 g/mol. The van der Waals surface area contributed by atoms with Crippen LogP contribution in [0.4, 0.5) is 10.8 Å². The van der Waals surface area contributed by atoms with E-state index < -0.39 is 16.3 Å². The van der Waals surface area contributed by atoms with Crippen LogP contribution in [0, 0.1) is 15.5 Å². The van der Waals surface area contributed by atoms with Crippen molar-refractivity contribution in [2.75, 3.05) is 18.0 Å². The fourth-order valence-electron chi connectivity index (χ4n) is 2.49. The monoisotopic (exact) mass is 308 g/mol. The molecule has 0 bridgehead atoms. The van der Waals surface area contributed by atoms with Gasteiger partial charge in [0.1, 0.15) is 17.0 Å². The van der Waals surface area contributed by atoms with Crippen LogP contribution in [-0.2, 0) is 4.79 Å². The van der Waals surface area contributed by atoms with Crippen LogP contribution in [-0.4, -0.2) is 39.1 Å². The number of nitrogens with zero attached hydrogens (tertiary/aromatic N) is 4. The first kappa shape index (κ1) is 13.7. The summed E-state index contributed by atoms with van der Waals surface area (Å²) in [6, 6.07) is 1.45. The quantitative estimate of drug-likeness (QED) is 0.681. The summed E-state index contributed by atoms with van der Waals surface area (Å²) in [4.78, 5) is 32.4. The Morgan fingerprint density at radius 1 is 1.57 bits per heavy atom. The molecule has 0 spiro atoms. The second-order valence-corrected chi connectivity index (χ2v) is 6.30. The third kappa shape index (κ3) is 2.19. The average molecular weight is 308 g/mol. The van der Waals surface area contributed by atoms with Gasteiger partial charge in [-0.2, -0.15) is 0 Å². The summed E-state index contributed by atoms with van der Waals surface area (Å²) in [7, 11) is 0. The molecule has 0 aromatic carbocycles. The van der Waals surface area contributed by atoms with Crippen molar-refractivity contribution in [2.24, 2.45) is 5.41 Å². The molecule has 0 radical (unpaired) electrons. The lowest BCUT2D eigenvalue weighted by molar-refractivity contribution is -0.380. The van der Waals surface area contributed by atoms with Gasteiger partial charge >= 0.3 is 11.0 Å². The zero-order valence-electron chi connectivity index (χ0n) is 11.1. The van der Waals surface area contributed by atoms with Gasteiger partial charge in [0, 0.05) is 19.2 Å². The minimum absolute atomic E-state index is 0.00643. The van der Waals surface area contributed by atoms with Crippen LogP contribution < -0.4 is 4.90 Å². The Labute approximate surface area is 123 Å². The molecule has 1 N–H and O–H groups in total. The number of carboxylic acid groups (broad SMARTS) is 1. The number of nitro groups is 1. The number of carboxylic acids is 1. The van der Waals surface area contributed by atoms with Crippen molar-refractivity contribution in [2.45, 2.75) is 13.3 Å². The summed E-state index contributed by atoms with van der Waals surface area (Å²) in [5, 5.41) is 20.8. The molecule has 0 aliphatic carbocycles. The predicted molar refractivity (Wildman–Crippen MR) is 76.6 cm³/mol. The van der Waals surface area contributed by atoms with Gasteiger partial charge in [0.25, 0.3) is 0 Å². The highest BCUT2D eigenvalue weighted by Gasteiger charge is 2.41. The van der Waals surface area contributed by atoms with Gasteiger partial charge in [0.15, 0.2) is 0 Å². The molecule has 0 saturated carbocycles. The summed E-state index contributed by atoms with van der Waals surface area (Å²) in [6.45, 7) is 2.58. The fourth-order valence-corrected chi connectivity index (χ4v) is 3.30. The van der Waals surface area contributed by atoms with Gasteiger partial charge in [0.2, 0.25) is 0 Å². The van der Waals surface area contributed by atoms with E-state index in [1.54, 1.807) is 6.92 Å². The van der Waals surface area contributed by atoms with Gasteiger partial charge in [-0.1, -0.05) is 0 Å². The van der Waals surface area contributed by atoms with Gasteiger partial charge in [-0.3, -0.25) is 14.9 Å². The number of anilines is 1. The Kier molecular flexibility index (Phi) is 3.01. The predicted octanol–water partition coefficient (Wildman–Crippen LogP) is 1.90. The topological polar surface area (TPSA) is 109 Å². The highest BCUT2D eigenvalue weighted by molar-refractivity contribution is 7.21. The van der Waals surface area contributed by atoms with E-state index in [9.17, 15) is 20.0 Å². The van der Waals surface area contributed by atoms with E-state index in [-0.39, 0.29) is 5.00 Å². The molecule has 1 saturated heterocycles. The molecule has 3 heterocycles. The van der Waals surface area contributed by atoms with Crippen LogP contribution in [0.15, 0.2) is 12.4 Å². The van der Waals surface area contributed by atoms with Crippen molar-refractivity contribution in [3.8, 4) is 0 Å². The van der Waals surface area contributed by atoms with Crippen molar-refractivity contribution in [1.82, 2.24) is 9.97 Å². The molecule has 3 rings (SSSR count). The molecule has 2 aromatic heterocycles. The Balaban J connectivity index is 2.02. The van der Waals surface area contributed by atoms with Crippen LogP contribution in [0.3, 0.4) is 0 Å². The van der Waals surface area contributed by atoms with E-state index in [1.807, 2.05) is 4.90 Å². The number of fused-ring (bicyclic) bond motifs is 1. The van der Waals surface area contributed by atoms with E-state index in [2.05, 4.69) is 9.97 Å². The molecule has 21 heavy (non-hydrogen) atoms. The van der Waals surface area contributed by atoms with Crippen LogP contribution in [0.25, 0.3) is 10.2 Å². The third-order valence-electron chi connectivity index (χ3n) is 3.76. The maximum atomic E-state index is 11.3. The second kappa shape index (κ2) is 4.62. The second-order valence-electron chi connectivity index (χ2n) is 5.30. The SMILES string of the molecule is CC1(C(=O)O)CCN(c2ncnc3sc([N+](=O)[O-])cc23)C1. The number of rotatable bonds is 3. The zero-order chi connectivity index (χ0) is 15.2. The molecule has 9 heteroatoms. The number of aliphatic carboxylic acids is 1. The van der Waals surface area contributed by atoms with Gasteiger partial charge < -0.3 is 10.0 Å². The number of carbonyl (C=O) groups is 1. The van der Waals surface area contributed by atoms with Crippen molar-refractivity contribution in [1.29, 1.82) is 0 Å². The smallest absolute Gasteiger partial charge is 0.326 e. The molecule has 1 aliphatic rings. The van der Waals surface area contributed by atoms with Crippen LogP contribution >= 0.6 is 11.3 Å². The summed E-state index contributed by atoms with van der Waals surface area (Å²) in [5.74, 6) is -0.277. The first-order valence-corrected chi connectivity index (χ1v) is 7.10. The molecule has 0 amide bonds. The lowest BCUT2D eigenvalue weighted by Gasteiger charge is -2.21. The van der Waals surface area contributed by atoms with Crippen LogP contribution in [0.2, 0.25) is 0 Å². The highest BCUT2D eigenvalue weighted by Crippen LogP contribution is 2.38. The first-order valence-electron chi connectivity index (χ1n) is 6.28. The summed E-state index contributed by atoms with van der Waals surface area (Å²) < 4.78 is 0. The summed E-state index contributed by atoms with van der Waals surface area (Å²) in [5.41, 5.74) is -0.820. The maximum Gasteiger partial charge on any atom is 0.326 e. The first-order chi connectivity index (χ1) is 9.90. The molecule has 1 fully saturated rings. The molecule has 2 aromatic rings. The van der Waals surface area contributed by atoms with E-state index in [1.165, 1.54) is 12.4 Å². The van der Waals surface area contributed by atoms with Crippen molar-refractivity contribution < 1.29 is 14.8 Å².